The first kappa shape index (κ1) is 25.2. The van der Waals surface area contributed by atoms with Crippen LogP contribution in [0.5, 0.6) is 5.75 Å². The zero-order valence-corrected chi connectivity index (χ0v) is 22.3. The molecule has 12 heteroatoms. The van der Waals surface area contributed by atoms with E-state index in [0.717, 1.165) is 42.1 Å². The molecule has 210 valence electrons. The van der Waals surface area contributed by atoms with Crippen molar-refractivity contribution in [2.75, 3.05) is 6.54 Å². The molecule has 3 N–H and O–H groups in total. The molecule has 3 aliphatic carbocycles. The molecule has 1 aromatic carbocycles. The van der Waals surface area contributed by atoms with Crippen LogP contribution in [0.3, 0.4) is 0 Å². The molecular formula is C29H29N7O5. The van der Waals surface area contributed by atoms with Gasteiger partial charge in [-0.1, -0.05) is 6.07 Å². The van der Waals surface area contributed by atoms with Gasteiger partial charge in [0.05, 0.1) is 17.3 Å². The standard InChI is InChI=1S/C29H29N7O5/c37-25(31-15-18-1-2-22-20(13-18)35-12-11-30-24(35)16-41-22)19-14-21(36-23(34-19)3-10-33-36)26(38)32-17-28-4-7-29(8-5-28,9-6-28)27(39)40/h1-3,10-14H,4-9,15-17H2,(H,31,37)(H,32,38)(H,39,40). The molecular weight excluding hydrogens is 526 g/mol. The minimum atomic E-state index is -0.702. The van der Waals surface area contributed by atoms with E-state index in [1.807, 2.05) is 29.0 Å². The molecule has 4 heterocycles. The van der Waals surface area contributed by atoms with E-state index in [4.69, 9.17) is 4.74 Å². The Hall–Kier alpha value is -4.74. The number of carbonyl (C=O) groups excluding carboxylic acids is 2. The summed E-state index contributed by atoms with van der Waals surface area (Å²) in [6.07, 6.45) is 9.38. The summed E-state index contributed by atoms with van der Waals surface area (Å²) in [4.78, 5) is 47.0. The minimum Gasteiger partial charge on any atom is -0.483 e. The van der Waals surface area contributed by atoms with Gasteiger partial charge in [-0.05, 0) is 61.6 Å². The van der Waals surface area contributed by atoms with Crippen LogP contribution >= 0.6 is 0 Å². The molecule has 41 heavy (non-hydrogen) atoms. The number of ether oxygens (including phenoxy) is 1. The van der Waals surface area contributed by atoms with E-state index in [9.17, 15) is 19.5 Å². The van der Waals surface area contributed by atoms with Gasteiger partial charge < -0.3 is 20.5 Å². The zero-order chi connectivity index (χ0) is 28.2. The van der Waals surface area contributed by atoms with Gasteiger partial charge in [-0.3, -0.25) is 19.0 Å². The Labute approximate surface area is 234 Å². The average Bonchev–Trinajstić information content (AvgIpc) is 3.69. The fourth-order valence-electron chi connectivity index (χ4n) is 6.46. The van der Waals surface area contributed by atoms with Crippen LogP contribution in [-0.4, -0.2) is 53.6 Å². The lowest BCUT2D eigenvalue weighted by Crippen LogP contribution is -2.50. The number of rotatable bonds is 7. The van der Waals surface area contributed by atoms with Crippen LogP contribution < -0.4 is 15.4 Å². The first-order valence-corrected chi connectivity index (χ1v) is 13.8. The minimum absolute atomic E-state index is 0.0965. The number of carboxylic acids is 1. The maximum absolute atomic E-state index is 13.4. The Bertz CT molecular complexity index is 1680. The lowest BCUT2D eigenvalue weighted by Gasteiger charge is -2.51. The lowest BCUT2D eigenvalue weighted by atomic mass is 9.53. The van der Waals surface area contributed by atoms with E-state index < -0.39 is 17.3 Å². The summed E-state index contributed by atoms with van der Waals surface area (Å²) in [6, 6.07) is 8.82. The number of benzene rings is 1. The molecule has 2 bridgehead atoms. The number of hydrogen-bond acceptors (Lipinski definition) is 7. The molecule has 0 unspecified atom stereocenters. The number of hydrogen-bond donors (Lipinski definition) is 3. The second-order valence-corrected chi connectivity index (χ2v) is 11.4. The molecule has 12 nitrogen and oxygen atoms in total. The van der Waals surface area contributed by atoms with E-state index >= 15 is 0 Å². The maximum Gasteiger partial charge on any atom is 0.309 e. The van der Waals surface area contributed by atoms with Crippen LogP contribution in [0.1, 0.15) is 70.9 Å². The van der Waals surface area contributed by atoms with Crippen LogP contribution in [0.4, 0.5) is 0 Å². The number of aliphatic carboxylic acids is 1. The molecule has 3 saturated carbocycles. The highest BCUT2D eigenvalue weighted by Gasteiger charge is 2.52. The zero-order valence-electron chi connectivity index (χ0n) is 22.3. The van der Waals surface area contributed by atoms with E-state index in [0.29, 0.717) is 38.1 Å². The Balaban J connectivity index is 1.05. The molecule has 0 saturated heterocycles. The van der Waals surface area contributed by atoms with E-state index in [1.54, 1.807) is 12.3 Å². The largest absolute Gasteiger partial charge is 0.483 e. The van der Waals surface area contributed by atoms with Gasteiger partial charge in [0.2, 0.25) is 0 Å². The predicted octanol–water partition coefficient (Wildman–Crippen LogP) is 2.89. The smallest absolute Gasteiger partial charge is 0.309 e. The number of imidazole rings is 1. The topological polar surface area (TPSA) is 153 Å². The van der Waals surface area contributed by atoms with Crippen molar-refractivity contribution in [1.29, 1.82) is 0 Å². The molecule has 2 amide bonds. The second-order valence-electron chi connectivity index (χ2n) is 11.4. The molecule has 3 aromatic heterocycles. The average molecular weight is 556 g/mol. The van der Waals surface area contributed by atoms with Gasteiger partial charge >= 0.3 is 5.97 Å². The SMILES string of the molecule is O=C(NCc1ccc2c(c1)-n1ccnc1CO2)c1cc(C(=O)NCC23CCC(C(=O)O)(CC2)CC3)n2nccc2n1. The van der Waals surface area contributed by atoms with E-state index in [2.05, 4.69) is 25.7 Å². The van der Waals surface area contributed by atoms with Gasteiger partial charge in [0.15, 0.2) is 11.5 Å². The van der Waals surface area contributed by atoms with Gasteiger partial charge in [-0.15, -0.1) is 0 Å². The number of fused-ring (bicyclic) bond motifs is 7. The van der Waals surface area contributed by atoms with Crippen molar-refractivity contribution in [3.05, 3.63) is 71.7 Å². The maximum atomic E-state index is 13.4. The molecule has 8 rings (SSSR count). The van der Waals surface area contributed by atoms with Crippen LogP contribution in [0.15, 0.2) is 48.9 Å². The fraction of sp³-hybridized carbons (Fsp3) is 0.379. The summed E-state index contributed by atoms with van der Waals surface area (Å²) in [7, 11) is 0. The number of amides is 2. The Kier molecular flexibility index (Phi) is 5.80. The number of carbonyl (C=O) groups is 3. The summed E-state index contributed by atoms with van der Waals surface area (Å²) in [5.41, 5.74) is 1.75. The van der Waals surface area contributed by atoms with Gasteiger partial charge in [-0.2, -0.15) is 5.10 Å². The summed E-state index contributed by atoms with van der Waals surface area (Å²) in [6.45, 7) is 1.11. The van der Waals surface area contributed by atoms with E-state index in [1.165, 1.54) is 16.8 Å². The molecule has 0 radical (unpaired) electrons. The van der Waals surface area contributed by atoms with Crippen LogP contribution in [0.25, 0.3) is 11.3 Å². The predicted molar refractivity (Wildman–Crippen MR) is 145 cm³/mol. The fourth-order valence-corrected chi connectivity index (χ4v) is 6.46. The normalized spacial score (nSPS) is 22.4. The number of nitrogens with zero attached hydrogens (tertiary/aromatic N) is 5. The third kappa shape index (κ3) is 4.30. The van der Waals surface area contributed by atoms with Crippen molar-refractivity contribution in [1.82, 2.24) is 34.8 Å². The Morgan fingerprint density at radius 3 is 2.56 bits per heavy atom. The van der Waals surface area contributed by atoms with Crippen molar-refractivity contribution in [3.63, 3.8) is 0 Å². The molecule has 4 aliphatic rings. The van der Waals surface area contributed by atoms with Crippen LogP contribution in [0.2, 0.25) is 0 Å². The van der Waals surface area contributed by atoms with Crippen molar-refractivity contribution in [2.24, 2.45) is 10.8 Å². The van der Waals surface area contributed by atoms with Crippen molar-refractivity contribution < 1.29 is 24.2 Å². The highest BCUT2D eigenvalue weighted by Crippen LogP contribution is 2.56. The van der Waals surface area contributed by atoms with Crippen LogP contribution in [-0.2, 0) is 17.9 Å². The second kappa shape index (κ2) is 9.43. The number of aromatic nitrogens is 5. The highest BCUT2D eigenvalue weighted by molar-refractivity contribution is 5.98. The molecule has 1 aliphatic heterocycles. The Morgan fingerprint density at radius 2 is 1.78 bits per heavy atom. The van der Waals surface area contributed by atoms with Crippen molar-refractivity contribution in [3.8, 4) is 11.4 Å². The van der Waals surface area contributed by atoms with Gasteiger partial charge in [0, 0.05) is 37.6 Å². The molecule has 0 spiro atoms. The van der Waals surface area contributed by atoms with Gasteiger partial charge in [-0.25, -0.2) is 14.5 Å². The summed E-state index contributed by atoms with van der Waals surface area (Å²) in [5.74, 6) is 0.0877. The lowest BCUT2D eigenvalue weighted by molar-refractivity contribution is -0.158. The van der Waals surface area contributed by atoms with Gasteiger partial charge in [0.1, 0.15) is 23.7 Å². The van der Waals surface area contributed by atoms with Crippen molar-refractivity contribution in [2.45, 2.75) is 51.7 Å². The van der Waals surface area contributed by atoms with E-state index in [-0.39, 0.29) is 29.3 Å². The third-order valence-corrected chi connectivity index (χ3v) is 9.11. The number of carboxylic acid groups (broad SMARTS) is 1. The molecule has 4 aromatic rings. The first-order chi connectivity index (χ1) is 19.8. The molecule has 0 atom stereocenters. The summed E-state index contributed by atoms with van der Waals surface area (Å²) >= 11 is 0. The molecule has 3 fully saturated rings. The quantitative estimate of drug-likeness (QED) is 0.315. The van der Waals surface area contributed by atoms with Crippen molar-refractivity contribution >= 4 is 23.4 Å². The number of nitrogens with one attached hydrogen (secondary N) is 2. The monoisotopic (exact) mass is 555 g/mol. The first-order valence-electron chi connectivity index (χ1n) is 13.8. The summed E-state index contributed by atoms with van der Waals surface area (Å²) in [5, 5.41) is 19.8. The van der Waals surface area contributed by atoms with Gasteiger partial charge in [0.25, 0.3) is 11.8 Å². The Morgan fingerprint density at radius 1 is 0.976 bits per heavy atom. The highest BCUT2D eigenvalue weighted by atomic mass is 16.5. The summed E-state index contributed by atoms with van der Waals surface area (Å²) < 4.78 is 9.15. The van der Waals surface area contributed by atoms with Crippen LogP contribution in [0, 0.1) is 10.8 Å². The third-order valence-electron chi connectivity index (χ3n) is 9.11.